The van der Waals surface area contributed by atoms with Crippen LogP contribution in [0, 0.1) is 0 Å². The fourth-order valence-corrected chi connectivity index (χ4v) is 5.91. The molecule has 1 aliphatic heterocycles. The highest BCUT2D eigenvalue weighted by atomic mass is 32.3. The lowest BCUT2D eigenvalue weighted by molar-refractivity contribution is -0.298. The average Bonchev–Trinajstić information content (AvgIpc) is 3.05. The fourth-order valence-electron chi connectivity index (χ4n) is 5.40. The summed E-state index contributed by atoms with van der Waals surface area (Å²) in [6.45, 7) is 3.04. The number of amides is 1. The Labute approximate surface area is 287 Å². The highest BCUT2D eigenvalue weighted by Gasteiger charge is 2.48. The summed E-state index contributed by atoms with van der Waals surface area (Å²) in [7, 11) is -5.11. The van der Waals surface area contributed by atoms with E-state index < -0.39 is 78.5 Å². The second kappa shape index (κ2) is 26.4. The molecule has 8 unspecified atom stereocenters. The van der Waals surface area contributed by atoms with Gasteiger partial charge in [0.1, 0.15) is 30.5 Å². The SMILES string of the molecule is CCCC/C=C/CC/C=C/C(O)C(COC1OC(CO)C(O)C(OS(=O)(=O)O)C1O)NC(=O)C(O)CCCCCCCCCCCCC. The van der Waals surface area contributed by atoms with E-state index in [-0.39, 0.29) is 6.42 Å². The summed E-state index contributed by atoms with van der Waals surface area (Å²) in [6.07, 6.45) is 13.2. The zero-order valence-corrected chi connectivity index (χ0v) is 29.7. The molecule has 1 amide bonds. The van der Waals surface area contributed by atoms with E-state index >= 15 is 0 Å². The second-order valence-corrected chi connectivity index (χ2v) is 13.6. The van der Waals surface area contributed by atoms with Crippen molar-refractivity contribution in [3.63, 3.8) is 0 Å². The molecule has 0 bridgehead atoms. The van der Waals surface area contributed by atoms with E-state index in [1.807, 2.05) is 0 Å². The molecule has 7 N–H and O–H groups in total. The number of carbonyl (C=O) groups excluding carboxylic acids is 1. The van der Waals surface area contributed by atoms with Crippen LogP contribution >= 0.6 is 0 Å². The van der Waals surface area contributed by atoms with Gasteiger partial charge in [-0.15, -0.1) is 0 Å². The molecule has 14 heteroatoms. The molecular weight excluding hydrogens is 646 g/mol. The summed E-state index contributed by atoms with van der Waals surface area (Å²) in [5, 5.41) is 54.5. The van der Waals surface area contributed by atoms with Gasteiger partial charge in [-0.2, -0.15) is 8.42 Å². The van der Waals surface area contributed by atoms with Gasteiger partial charge in [-0.1, -0.05) is 122 Å². The lowest BCUT2D eigenvalue weighted by atomic mass is 9.99. The third-order valence-electron chi connectivity index (χ3n) is 8.34. The van der Waals surface area contributed by atoms with Crippen LogP contribution in [0.2, 0.25) is 0 Å². The summed E-state index contributed by atoms with van der Waals surface area (Å²) in [5.74, 6) is -0.719. The van der Waals surface area contributed by atoms with Gasteiger partial charge in [-0.3, -0.25) is 9.35 Å². The molecule has 0 aromatic rings. The molecule has 8 atom stereocenters. The molecular formula is C34H63NO12S. The zero-order valence-electron chi connectivity index (χ0n) is 28.9. The molecule has 1 saturated heterocycles. The van der Waals surface area contributed by atoms with Crippen LogP contribution in [0.25, 0.3) is 0 Å². The number of aliphatic hydroxyl groups is 5. The standard InChI is InChI=1S/C34H63NO12S/c1-3-5-7-9-11-13-14-15-17-19-21-23-28(38)33(41)35-26(27(37)22-20-18-16-12-10-8-6-4-2)25-45-34-31(40)32(47-48(42,43)44)30(39)29(24-36)46-34/h10,12,20,22,26-32,34,36-40H,3-9,11,13-19,21,23-25H2,1-2H3,(H,35,41)(H,42,43,44)/b12-10+,22-20+. The molecule has 48 heavy (non-hydrogen) atoms. The monoisotopic (exact) mass is 709 g/mol. The van der Waals surface area contributed by atoms with E-state index in [0.29, 0.717) is 12.8 Å². The number of unbranched alkanes of at least 4 members (excludes halogenated alkanes) is 13. The Morgan fingerprint density at radius 3 is 1.98 bits per heavy atom. The molecule has 282 valence electrons. The second-order valence-electron chi connectivity index (χ2n) is 12.6. The van der Waals surface area contributed by atoms with Crippen molar-refractivity contribution in [3.05, 3.63) is 24.3 Å². The maximum absolute atomic E-state index is 12.9. The number of hydrogen-bond acceptors (Lipinski definition) is 11. The van der Waals surface area contributed by atoms with Gasteiger partial charge in [0.25, 0.3) is 0 Å². The number of ether oxygens (including phenoxy) is 2. The van der Waals surface area contributed by atoms with Gasteiger partial charge in [-0.25, -0.2) is 4.18 Å². The average molecular weight is 710 g/mol. The van der Waals surface area contributed by atoms with Gasteiger partial charge < -0.3 is 40.3 Å². The molecule has 13 nitrogen and oxygen atoms in total. The molecule has 0 radical (unpaired) electrons. The normalized spacial score (nSPS) is 23.9. The smallest absolute Gasteiger partial charge is 0.394 e. The Morgan fingerprint density at radius 2 is 1.40 bits per heavy atom. The van der Waals surface area contributed by atoms with Crippen LogP contribution in [0.4, 0.5) is 0 Å². The third-order valence-corrected chi connectivity index (χ3v) is 8.81. The van der Waals surface area contributed by atoms with E-state index in [9.17, 15) is 38.7 Å². The molecule has 1 rings (SSSR count). The first-order valence-electron chi connectivity index (χ1n) is 17.8. The van der Waals surface area contributed by atoms with E-state index in [4.69, 9.17) is 14.0 Å². The van der Waals surface area contributed by atoms with Crippen molar-refractivity contribution in [3.8, 4) is 0 Å². The molecule has 0 saturated carbocycles. The van der Waals surface area contributed by atoms with Gasteiger partial charge >= 0.3 is 10.4 Å². The topological polar surface area (TPSA) is 212 Å². The van der Waals surface area contributed by atoms with Crippen molar-refractivity contribution in [1.82, 2.24) is 5.32 Å². The van der Waals surface area contributed by atoms with Gasteiger partial charge in [0.15, 0.2) is 6.29 Å². The minimum atomic E-state index is -5.11. The molecule has 1 aliphatic rings. The molecule has 0 aromatic carbocycles. The van der Waals surface area contributed by atoms with Crippen LogP contribution < -0.4 is 5.32 Å². The van der Waals surface area contributed by atoms with Gasteiger partial charge in [0.05, 0.1) is 25.4 Å². The summed E-state index contributed by atoms with van der Waals surface area (Å²) < 4.78 is 47.0. The number of hydrogen-bond donors (Lipinski definition) is 7. The van der Waals surface area contributed by atoms with Crippen LogP contribution in [0.15, 0.2) is 24.3 Å². The van der Waals surface area contributed by atoms with Gasteiger partial charge in [0, 0.05) is 0 Å². The zero-order chi connectivity index (χ0) is 35.8. The van der Waals surface area contributed by atoms with Crippen LogP contribution in [-0.2, 0) is 28.9 Å². The Morgan fingerprint density at radius 1 is 0.833 bits per heavy atom. The molecule has 0 aliphatic carbocycles. The van der Waals surface area contributed by atoms with Crippen molar-refractivity contribution in [1.29, 1.82) is 0 Å². The lowest BCUT2D eigenvalue weighted by Gasteiger charge is -2.41. The van der Waals surface area contributed by atoms with E-state index in [0.717, 1.165) is 44.9 Å². The van der Waals surface area contributed by atoms with Crippen molar-refractivity contribution in [2.24, 2.45) is 0 Å². The maximum atomic E-state index is 12.9. The van der Waals surface area contributed by atoms with E-state index in [1.165, 1.54) is 51.0 Å². The molecule has 0 aromatic heterocycles. The predicted octanol–water partition coefficient (Wildman–Crippen LogP) is 3.62. The van der Waals surface area contributed by atoms with Crippen molar-refractivity contribution >= 4 is 16.3 Å². The quantitative estimate of drug-likeness (QED) is 0.0353. The highest BCUT2D eigenvalue weighted by Crippen LogP contribution is 2.26. The van der Waals surface area contributed by atoms with E-state index in [2.05, 4.69) is 35.5 Å². The molecule has 1 heterocycles. The van der Waals surface area contributed by atoms with E-state index in [1.54, 1.807) is 6.08 Å². The summed E-state index contributed by atoms with van der Waals surface area (Å²) in [4.78, 5) is 12.9. The van der Waals surface area contributed by atoms with Crippen molar-refractivity contribution in [2.75, 3.05) is 13.2 Å². The summed E-state index contributed by atoms with van der Waals surface area (Å²) >= 11 is 0. The Hall–Kier alpha value is -1.46. The minimum absolute atomic E-state index is 0.238. The lowest BCUT2D eigenvalue weighted by Crippen LogP contribution is -2.61. The van der Waals surface area contributed by atoms with Crippen LogP contribution in [0.1, 0.15) is 123 Å². The number of rotatable bonds is 28. The number of carbonyl (C=O) groups is 1. The Kier molecular flexibility index (Phi) is 24.5. The predicted molar refractivity (Wildman–Crippen MR) is 182 cm³/mol. The van der Waals surface area contributed by atoms with Crippen molar-refractivity contribution in [2.45, 2.75) is 172 Å². The first-order chi connectivity index (χ1) is 22.9. The van der Waals surface area contributed by atoms with Crippen LogP contribution in [-0.4, -0.2) is 107 Å². The maximum Gasteiger partial charge on any atom is 0.397 e. The third kappa shape index (κ3) is 19.7. The largest absolute Gasteiger partial charge is 0.397 e. The molecule has 0 spiro atoms. The highest BCUT2D eigenvalue weighted by molar-refractivity contribution is 7.80. The Balaban J connectivity index is 2.76. The molecule has 1 fully saturated rings. The first-order valence-corrected chi connectivity index (χ1v) is 19.2. The number of nitrogens with one attached hydrogen (secondary N) is 1. The van der Waals surface area contributed by atoms with Crippen molar-refractivity contribution < 1.29 is 57.0 Å². The van der Waals surface area contributed by atoms with Crippen LogP contribution in [0.5, 0.6) is 0 Å². The number of allylic oxidation sites excluding steroid dienone is 3. The minimum Gasteiger partial charge on any atom is -0.394 e. The van der Waals surface area contributed by atoms with Gasteiger partial charge in [-0.05, 0) is 25.7 Å². The first kappa shape index (κ1) is 44.6. The van der Waals surface area contributed by atoms with Crippen LogP contribution in [0.3, 0.4) is 0 Å². The Bertz CT molecular complexity index is 995. The summed E-state index contributed by atoms with van der Waals surface area (Å²) in [5.41, 5.74) is 0. The van der Waals surface area contributed by atoms with Gasteiger partial charge in [0.2, 0.25) is 5.91 Å². The fraction of sp³-hybridized carbons (Fsp3) is 0.853. The number of aliphatic hydroxyl groups excluding tert-OH is 5. The summed E-state index contributed by atoms with van der Waals surface area (Å²) in [6, 6.07) is -1.13.